The largest absolute Gasteiger partial charge is 0.322 e. The Morgan fingerprint density at radius 1 is 0.357 bits per heavy atom. The lowest BCUT2D eigenvalue weighted by atomic mass is 10.4. The first-order valence-electron chi connectivity index (χ1n) is 18.0. The van der Waals surface area contributed by atoms with Crippen LogP contribution >= 0.6 is 21.4 Å². The van der Waals surface area contributed by atoms with Crippen LogP contribution in [-0.2, 0) is 13.7 Å². The molecule has 0 aromatic heterocycles. The van der Waals surface area contributed by atoms with Gasteiger partial charge in [-0.2, -0.15) is 0 Å². The van der Waals surface area contributed by atoms with Crippen molar-refractivity contribution in [1.29, 1.82) is 0 Å². The summed E-state index contributed by atoms with van der Waals surface area (Å²) in [5, 5.41) is 0. The van der Waals surface area contributed by atoms with E-state index in [2.05, 4.69) is 56.2 Å². The molecule has 0 aromatic rings. The van der Waals surface area contributed by atoms with E-state index in [9.17, 15) is 13.7 Å². The third kappa shape index (κ3) is 17.3. The summed E-state index contributed by atoms with van der Waals surface area (Å²) in [6, 6.07) is 0. The molecule has 0 unspecified atom stereocenters. The van der Waals surface area contributed by atoms with Gasteiger partial charge >= 0.3 is 0 Å². The number of unbranched alkanes of at least 4 members (excludes halogenated alkanes) is 6. The molecule has 0 aromatic carbocycles. The molecule has 1 saturated heterocycles. The maximum Gasteiger partial charge on any atom is 0.101 e. The molecular weight excluding hydrogens is 579 g/mol. The maximum absolute atomic E-state index is 14.2. The van der Waals surface area contributed by atoms with Crippen LogP contribution in [0.5, 0.6) is 0 Å². The molecule has 1 aliphatic rings. The molecule has 9 heteroatoms. The predicted octanol–water partition coefficient (Wildman–Crippen LogP) is 9.67. The first kappa shape index (κ1) is 40.6. The fraction of sp³-hybridized carbons (Fsp3) is 1.00. The fourth-order valence-electron chi connectivity index (χ4n) is 6.14. The average Bonchev–Trinajstić information content (AvgIpc) is 3.06. The summed E-state index contributed by atoms with van der Waals surface area (Å²) in [4.78, 5) is 7.43. The van der Waals surface area contributed by atoms with Gasteiger partial charge in [-0.1, -0.05) is 80.1 Å². The summed E-state index contributed by atoms with van der Waals surface area (Å²) in [7, 11) is -6.81. The maximum atomic E-state index is 14.2. The van der Waals surface area contributed by atoms with Crippen LogP contribution in [0.2, 0.25) is 0 Å². The van der Waals surface area contributed by atoms with Crippen LogP contribution in [0, 0.1) is 0 Å². The van der Waals surface area contributed by atoms with Gasteiger partial charge < -0.3 is 13.7 Å². The van der Waals surface area contributed by atoms with Crippen LogP contribution < -0.4 is 0 Å². The molecule has 252 valence electrons. The third-order valence-corrected chi connectivity index (χ3v) is 18.6. The highest BCUT2D eigenvalue weighted by atomic mass is 31.2. The van der Waals surface area contributed by atoms with Gasteiger partial charge in [0.15, 0.2) is 0 Å². The van der Waals surface area contributed by atoms with Gasteiger partial charge in [0.25, 0.3) is 0 Å². The zero-order valence-electron chi connectivity index (χ0n) is 29.0. The zero-order valence-corrected chi connectivity index (χ0v) is 31.7. The van der Waals surface area contributed by atoms with Gasteiger partial charge in [0.1, 0.15) is 21.4 Å². The number of hydrogen-bond acceptors (Lipinski definition) is 6. The molecule has 0 amide bonds. The van der Waals surface area contributed by atoms with Crippen molar-refractivity contribution in [3.8, 4) is 0 Å². The second-order valence-corrected chi connectivity index (χ2v) is 23.3. The van der Waals surface area contributed by atoms with Crippen molar-refractivity contribution in [3.63, 3.8) is 0 Å². The number of nitrogens with zero attached hydrogens (tertiary/aromatic N) is 3. The van der Waals surface area contributed by atoms with E-state index in [0.29, 0.717) is 18.9 Å². The molecule has 1 fully saturated rings. The lowest BCUT2D eigenvalue weighted by Crippen LogP contribution is -2.37. The molecule has 0 spiro atoms. The Balaban J connectivity index is 3.24. The monoisotopic (exact) mass is 651 g/mol. The number of hydrogen-bond donors (Lipinski definition) is 0. The molecule has 0 aliphatic carbocycles. The van der Waals surface area contributed by atoms with Crippen molar-refractivity contribution in [2.45, 2.75) is 119 Å². The molecule has 0 N–H and O–H groups in total. The predicted molar refractivity (Wildman–Crippen MR) is 191 cm³/mol. The van der Waals surface area contributed by atoms with E-state index in [1.807, 2.05) is 0 Å². The van der Waals surface area contributed by atoms with Gasteiger partial charge in [0.05, 0.1) is 18.9 Å². The smallest absolute Gasteiger partial charge is 0.101 e. The van der Waals surface area contributed by atoms with E-state index in [1.54, 1.807) is 0 Å². The lowest BCUT2D eigenvalue weighted by Gasteiger charge is -2.31. The van der Waals surface area contributed by atoms with Crippen LogP contribution in [0.3, 0.4) is 0 Å². The fourth-order valence-corrected chi connectivity index (χ4v) is 16.0. The summed E-state index contributed by atoms with van der Waals surface area (Å²) in [6.07, 6.45) is 20.1. The number of rotatable bonds is 24. The molecule has 0 radical (unpaired) electrons. The van der Waals surface area contributed by atoms with Crippen LogP contribution in [0.15, 0.2) is 0 Å². The van der Waals surface area contributed by atoms with Crippen molar-refractivity contribution in [3.05, 3.63) is 0 Å². The Morgan fingerprint density at radius 3 is 0.667 bits per heavy atom. The third-order valence-electron chi connectivity index (χ3n) is 9.09. The molecule has 1 heterocycles. The van der Waals surface area contributed by atoms with Gasteiger partial charge in [-0.25, -0.2) is 0 Å². The highest BCUT2D eigenvalue weighted by Gasteiger charge is 2.30. The molecule has 42 heavy (non-hydrogen) atoms. The molecular formula is C33H72N3O3P3. The summed E-state index contributed by atoms with van der Waals surface area (Å²) >= 11 is 0. The van der Waals surface area contributed by atoms with Crippen molar-refractivity contribution >= 4 is 21.4 Å². The Labute approximate surface area is 263 Å². The quantitative estimate of drug-likeness (QED) is 0.0969. The zero-order chi connectivity index (χ0) is 31.3. The molecule has 0 bridgehead atoms. The molecule has 0 atom stereocenters. The van der Waals surface area contributed by atoms with E-state index in [-0.39, 0.29) is 0 Å². The Morgan fingerprint density at radius 2 is 0.524 bits per heavy atom. The van der Waals surface area contributed by atoms with E-state index >= 15 is 0 Å². The first-order valence-corrected chi connectivity index (χ1v) is 24.8. The van der Waals surface area contributed by atoms with Crippen LogP contribution in [0.25, 0.3) is 0 Å². The van der Waals surface area contributed by atoms with Gasteiger partial charge in [-0.15, -0.1) is 0 Å². The molecule has 1 rings (SSSR count). The SMILES string of the molecule is CCCCP(=O)(CCCC)CN1CCN(CP(=O)(CCCC)CCCC)CCN(CP(=O)(CCCC)CCCC)CC1. The second kappa shape index (κ2) is 23.0. The first-order chi connectivity index (χ1) is 20.1. The van der Waals surface area contributed by atoms with Crippen molar-refractivity contribution < 1.29 is 13.7 Å². The lowest BCUT2D eigenvalue weighted by molar-refractivity contribution is 0.256. The summed E-state index contributed by atoms with van der Waals surface area (Å²) in [6.45, 7) is 18.5. The highest BCUT2D eigenvalue weighted by Crippen LogP contribution is 2.50. The molecule has 1 aliphatic heterocycles. The summed E-state index contributed by atoms with van der Waals surface area (Å²) in [5.41, 5.74) is 0. The van der Waals surface area contributed by atoms with Gasteiger partial charge in [0.2, 0.25) is 0 Å². The van der Waals surface area contributed by atoms with Crippen LogP contribution in [0.1, 0.15) is 119 Å². The van der Waals surface area contributed by atoms with Crippen molar-refractivity contribution in [1.82, 2.24) is 14.7 Å². The Hall–Kier alpha value is 0.570. The summed E-state index contributed by atoms with van der Waals surface area (Å²) in [5.74, 6) is 0. The average molecular weight is 652 g/mol. The van der Waals surface area contributed by atoms with Gasteiger partial charge in [-0.05, 0) is 38.5 Å². The highest BCUT2D eigenvalue weighted by molar-refractivity contribution is 7.64. The summed E-state index contributed by atoms with van der Waals surface area (Å²) < 4.78 is 42.7. The van der Waals surface area contributed by atoms with Crippen molar-refractivity contribution in [2.75, 3.05) is 95.1 Å². The van der Waals surface area contributed by atoms with Gasteiger partial charge in [0, 0.05) is 76.2 Å². The minimum absolute atomic E-state index is 0.710. The molecule has 0 saturated carbocycles. The van der Waals surface area contributed by atoms with Crippen LogP contribution in [-0.4, -0.2) is 110 Å². The van der Waals surface area contributed by atoms with Crippen LogP contribution in [0.4, 0.5) is 0 Å². The standard InChI is InChI=1S/C33H72N3O3P3/c1-7-13-25-40(37,26-14-8-2)31-34-19-21-35(32-41(38,27-15-9-3)28-16-10-4)23-24-36(22-20-34)33-42(39,29-17-11-5)30-18-12-6/h7-33H2,1-6H3. The topological polar surface area (TPSA) is 60.9 Å². The van der Waals surface area contributed by atoms with E-state index in [1.165, 1.54) is 0 Å². The van der Waals surface area contributed by atoms with E-state index in [0.717, 1.165) is 153 Å². The Bertz CT molecular complexity index is 673. The molecule has 6 nitrogen and oxygen atoms in total. The van der Waals surface area contributed by atoms with Gasteiger partial charge in [-0.3, -0.25) is 14.7 Å². The normalized spacial score (nSPS) is 17.3. The Kier molecular flexibility index (Phi) is 22.2. The van der Waals surface area contributed by atoms with Crippen molar-refractivity contribution in [2.24, 2.45) is 0 Å². The van der Waals surface area contributed by atoms with E-state index < -0.39 is 21.4 Å². The minimum atomic E-state index is -2.27. The minimum Gasteiger partial charge on any atom is -0.322 e. The van der Waals surface area contributed by atoms with E-state index in [4.69, 9.17) is 0 Å². The second-order valence-electron chi connectivity index (χ2n) is 13.4.